The molecule has 24 heavy (non-hydrogen) atoms. The predicted molar refractivity (Wildman–Crippen MR) is 102 cm³/mol. The van der Waals surface area contributed by atoms with Gasteiger partial charge in [0, 0.05) is 34.8 Å². The van der Waals surface area contributed by atoms with E-state index >= 15 is 0 Å². The fourth-order valence-electron chi connectivity index (χ4n) is 2.90. The topological polar surface area (TPSA) is 36.1 Å². The molecule has 1 heterocycles. The number of hydrogen-bond donors (Lipinski definition) is 1. The van der Waals surface area contributed by atoms with Gasteiger partial charge in [-0.15, -0.1) is 0 Å². The summed E-state index contributed by atoms with van der Waals surface area (Å²) in [6.07, 6.45) is 2.13. The second kappa shape index (κ2) is 7.22. The molecule has 1 N–H and O–H groups in total. The number of H-pyrrole nitrogens is 1. The molecule has 4 heteroatoms. The highest BCUT2D eigenvalue weighted by Crippen LogP contribution is 2.21. The Hall–Kier alpha value is -2.07. The number of hydrogen-bond acceptors (Lipinski definition) is 1. The van der Waals surface area contributed by atoms with Crippen LogP contribution < -0.4 is 0 Å². The van der Waals surface area contributed by atoms with E-state index in [-0.39, 0.29) is 5.91 Å². The van der Waals surface area contributed by atoms with Gasteiger partial charge in [0.2, 0.25) is 0 Å². The van der Waals surface area contributed by atoms with Gasteiger partial charge in [0.1, 0.15) is 0 Å². The summed E-state index contributed by atoms with van der Waals surface area (Å²) < 4.78 is 1.02. The Morgan fingerprint density at radius 3 is 2.71 bits per heavy atom. The van der Waals surface area contributed by atoms with Gasteiger partial charge in [0.15, 0.2) is 0 Å². The van der Waals surface area contributed by atoms with Gasteiger partial charge >= 0.3 is 0 Å². The van der Waals surface area contributed by atoms with Crippen LogP contribution in [0.2, 0.25) is 0 Å². The average Bonchev–Trinajstić information content (AvgIpc) is 2.98. The molecule has 1 amide bonds. The Bertz CT molecular complexity index is 869. The maximum absolute atomic E-state index is 12.7. The van der Waals surface area contributed by atoms with Crippen molar-refractivity contribution in [1.82, 2.24) is 9.88 Å². The molecule has 0 bridgehead atoms. The quantitative estimate of drug-likeness (QED) is 0.648. The maximum Gasteiger partial charge on any atom is 0.253 e. The lowest BCUT2D eigenvalue weighted by atomic mass is 10.1. The van der Waals surface area contributed by atoms with Crippen molar-refractivity contribution in [3.63, 3.8) is 0 Å². The average molecular weight is 385 g/mol. The summed E-state index contributed by atoms with van der Waals surface area (Å²) in [5, 5.41) is 1.16. The summed E-state index contributed by atoms with van der Waals surface area (Å²) in [6.45, 7) is 2.74. The Balaban J connectivity index is 1.81. The van der Waals surface area contributed by atoms with Crippen molar-refractivity contribution in [3.8, 4) is 0 Å². The van der Waals surface area contributed by atoms with E-state index in [1.54, 1.807) is 4.90 Å². The van der Waals surface area contributed by atoms with Crippen LogP contribution in [-0.4, -0.2) is 22.8 Å². The number of carbonyl (C=O) groups excluding carboxylic acids is 1. The van der Waals surface area contributed by atoms with Gasteiger partial charge in [0.25, 0.3) is 5.91 Å². The number of aromatic amines is 1. The van der Waals surface area contributed by atoms with Crippen LogP contribution in [0.4, 0.5) is 0 Å². The van der Waals surface area contributed by atoms with Crippen molar-refractivity contribution in [2.75, 3.05) is 7.05 Å². The van der Waals surface area contributed by atoms with Crippen molar-refractivity contribution in [3.05, 3.63) is 69.8 Å². The lowest BCUT2D eigenvalue weighted by molar-refractivity contribution is 0.0785. The molecule has 0 aliphatic heterocycles. The standard InChI is InChI=1S/C20H21BrN2O/c1-3-6-17-11-14-9-10-15(12-19(14)22-17)20(24)23(2)13-16-7-4-5-8-18(16)21/h4-5,7-12,22H,3,6,13H2,1-2H3. The monoisotopic (exact) mass is 384 g/mol. The van der Waals surface area contributed by atoms with Crippen LogP contribution in [0.1, 0.15) is 35.0 Å². The van der Waals surface area contributed by atoms with Crippen LogP contribution in [-0.2, 0) is 13.0 Å². The number of carbonyl (C=O) groups is 1. The zero-order chi connectivity index (χ0) is 17.1. The molecular weight excluding hydrogens is 364 g/mol. The number of aromatic nitrogens is 1. The molecule has 0 radical (unpaired) electrons. The molecule has 3 aromatic rings. The Kier molecular flexibility index (Phi) is 5.05. The first-order valence-corrected chi connectivity index (χ1v) is 8.98. The Morgan fingerprint density at radius 1 is 1.17 bits per heavy atom. The minimum absolute atomic E-state index is 0.0271. The largest absolute Gasteiger partial charge is 0.358 e. The minimum atomic E-state index is 0.0271. The van der Waals surface area contributed by atoms with E-state index in [0.717, 1.165) is 33.8 Å². The van der Waals surface area contributed by atoms with Crippen molar-refractivity contribution in [2.45, 2.75) is 26.3 Å². The fourth-order valence-corrected chi connectivity index (χ4v) is 3.31. The van der Waals surface area contributed by atoms with Crippen LogP contribution in [0, 0.1) is 0 Å². The third-order valence-electron chi connectivity index (χ3n) is 4.16. The molecule has 124 valence electrons. The summed E-state index contributed by atoms with van der Waals surface area (Å²) in [7, 11) is 1.84. The molecule has 0 unspecified atom stereocenters. The number of benzene rings is 2. The predicted octanol–water partition coefficient (Wildman–Crippen LogP) is 5.16. The van der Waals surface area contributed by atoms with Gasteiger partial charge in [-0.05, 0) is 41.6 Å². The molecule has 2 aromatic carbocycles. The van der Waals surface area contributed by atoms with Crippen LogP contribution in [0.5, 0.6) is 0 Å². The van der Waals surface area contributed by atoms with Gasteiger partial charge < -0.3 is 9.88 Å². The van der Waals surface area contributed by atoms with Crippen LogP contribution in [0.15, 0.2) is 53.0 Å². The minimum Gasteiger partial charge on any atom is -0.358 e. The first kappa shape index (κ1) is 16.8. The highest BCUT2D eigenvalue weighted by molar-refractivity contribution is 9.10. The molecule has 3 rings (SSSR count). The second-order valence-electron chi connectivity index (χ2n) is 6.10. The second-order valence-corrected chi connectivity index (χ2v) is 6.95. The van der Waals surface area contributed by atoms with E-state index in [1.807, 2.05) is 49.5 Å². The van der Waals surface area contributed by atoms with Crippen molar-refractivity contribution >= 4 is 32.7 Å². The van der Waals surface area contributed by atoms with E-state index in [4.69, 9.17) is 0 Å². The number of halogens is 1. The van der Waals surface area contributed by atoms with Crippen molar-refractivity contribution in [1.29, 1.82) is 0 Å². The summed E-state index contributed by atoms with van der Waals surface area (Å²) in [5.74, 6) is 0.0271. The van der Waals surface area contributed by atoms with Crippen LogP contribution in [0.3, 0.4) is 0 Å². The van der Waals surface area contributed by atoms with E-state index in [2.05, 4.69) is 33.9 Å². The molecule has 0 spiro atoms. The number of nitrogens with one attached hydrogen (secondary N) is 1. The third-order valence-corrected chi connectivity index (χ3v) is 4.93. The third kappa shape index (κ3) is 3.54. The van der Waals surface area contributed by atoms with E-state index in [0.29, 0.717) is 12.1 Å². The van der Waals surface area contributed by atoms with E-state index < -0.39 is 0 Å². The summed E-state index contributed by atoms with van der Waals surface area (Å²) in [4.78, 5) is 17.9. The number of nitrogens with zero attached hydrogens (tertiary/aromatic N) is 1. The SMILES string of the molecule is CCCc1cc2ccc(C(=O)N(C)Cc3ccccc3Br)cc2[nH]1. The van der Waals surface area contributed by atoms with Crippen molar-refractivity contribution in [2.24, 2.45) is 0 Å². The lowest BCUT2D eigenvalue weighted by Crippen LogP contribution is -2.26. The van der Waals surface area contributed by atoms with Gasteiger partial charge in [0.05, 0.1) is 0 Å². The summed E-state index contributed by atoms with van der Waals surface area (Å²) in [6, 6.07) is 16.0. The highest BCUT2D eigenvalue weighted by atomic mass is 79.9. The lowest BCUT2D eigenvalue weighted by Gasteiger charge is -2.18. The molecule has 1 aromatic heterocycles. The number of rotatable bonds is 5. The zero-order valence-electron chi connectivity index (χ0n) is 14.0. The van der Waals surface area contributed by atoms with E-state index in [9.17, 15) is 4.79 Å². The molecule has 0 aliphatic carbocycles. The van der Waals surface area contributed by atoms with Crippen molar-refractivity contribution < 1.29 is 4.79 Å². The Labute approximate surface area is 150 Å². The van der Waals surface area contributed by atoms with Gasteiger partial charge in [-0.25, -0.2) is 0 Å². The maximum atomic E-state index is 12.7. The van der Waals surface area contributed by atoms with Gasteiger partial charge in [-0.2, -0.15) is 0 Å². The molecule has 0 saturated carbocycles. The van der Waals surface area contributed by atoms with Gasteiger partial charge in [-0.3, -0.25) is 4.79 Å². The van der Waals surface area contributed by atoms with Gasteiger partial charge in [-0.1, -0.05) is 53.5 Å². The smallest absolute Gasteiger partial charge is 0.253 e. The summed E-state index contributed by atoms with van der Waals surface area (Å²) >= 11 is 3.54. The molecule has 0 aliphatic rings. The van der Waals surface area contributed by atoms with E-state index in [1.165, 1.54) is 5.69 Å². The molecule has 0 saturated heterocycles. The summed E-state index contributed by atoms with van der Waals surface area (Å²) in [5.41, 5.74) is 4.05. The first-order chi connectivity index (χ1) is 11.6. The van der Waals surface area contributed by atoms with Crippen LogP contribution >= 0.6 is 15.9 Å². The number of amides is 1. The van der Waals surface area contributed by atoms with Crippen LogP contribution in [0.25, 0.3) is 10.9 Å². The number of fused-ring (bicyclic) bond motifs is 1. The fraction of sp³-hybridized carbons (Fsp3) is 0.250. The number of aryl methyl sites for hydroxylation is 1. The molecular formula is C20H21BrN2O. The normalized spacial score (nSPS) is 11.0. The zero-order valence-corrected chi connectivity index (χ0v) is 15.6. The molecule has 0 atom stereocenters. The molecule has 0 fully saturated rings. The Morgan fingerprint density at radius 2 is 1.96 bits per heavy atom. The first-order valence-electron chi connectivity index (χ1n) is 8.19. The highest BCUT2D eigenvalue weighted by Gasteiger charge is 2.14. The molecule has 3 nitrogen and oxygen atoms in total.